The van der Waals surface area contributed by atoms with Crippen LogP contribution in [0.3, 0.4) is 0 Å². The minimum absolute atomic E-state index is 0.0649. The molecule has 6 nitrogen and oxygen atoms in total. The van der Waals surface area contributed by atoms with Gasteiger partial charge in [0, 0.05) is 6.07 Å². The number of halogens is 2. The van der Waals surface area contributed by atoms with Crippen LogP contribution in [0.2, 0.25) is 5.02 Å². The number of hydrogen-bond acceptors (Lipinski definition) is 4. The summed E-state index contributed by atoms with van der Waals surface area (Å²) in [4.78, 5) is 21.3. The second-order valence-corrected chi connectivity index (χ2v) is 4.30. The lowest BCUT2D eigenvalue weighted by atomic mass is 10.2. The molecule has 1 N–H and O–H groups in total. The molecule has 2 aromatic carbocycles. The molecule has 0 saturated heterocycles. The van der Waals surface area contributed by atoms with Gasteiger partial charge in [-0.05, 0) is 24.3 Å². The summed E-state index contributed by atoms with van der Waals surface area (Å²) < 4.78 is 18.3. The molecule has 0 radical (unpaired) electrons. The van der Waals surface area contributed by atoms with Crippen LogP contribution in [0.1, 0.15) is 10.4 Å². The van der Waals surface area contributed by atoms with E-state index < -0.39 is 28.0 Å². The van der Waals surface area contributed by atoms with E-state index in [2.05, 4.69) is 0 Å². The Morgan fingerprint density at radius 3 is 2.67 bits per heavy atom. The van der Waals surface area contributed by atoms with E-state index in [9.17, 15) is 19.3 Å². The van der Waals surface area contributed by atoms with Crippen molar-refractivity contribution in [3.8, 4) is 11.5 Å². The van der Waals surface area contributed by atoms with Gasteiger partial charge in [-0.25, -0.2) is 9.18 Å². The molecular weight excluding hydrogens is 305 g/mol. The van der Waals surface area contributed by atoms with Gasteiger partial charge in [-0.3, -0.25) is 10.1 Å². The first-order valence-corrected chi connectivity index (χ1v) is 5.91. The van der Waals surface area contributed by atoms with Gasteiger partial charge in [0.2, 0.25) is 5.75 Å². The molecule has 0 fully saturated rings. The Bertz CT molecular complexity index is 734. The maximum atomic E-state index is 13.1. The topological polar surface area (TPSA) is 89.7 Å². The molecule has 8 heteroatoms. The Morgan fingerprint density at radius 2 is 2.05 bits per heavy atom. The van der Waals surface area contributed by atoms with Crippen molar-refractivity contribution in [1.29, 1.82) is 0 Å². The summed E-state index contributed by atoms with van der Waals surface area (Å²) in [6, 6.07) is 6.66. The largest absolute Gasteiger partial charge is 0.478 e. The van der Waals surface area contributed by atoms with Crippen molar-refractivity contribution in [2.75, 3.05) is 0 Å². The zero-order chi connectivity index (χ0) is 15.6. The fourth-order valence-electron chi connectivity index (χ4n) is 1.61. The zero-order valence-corrected chi connectivity index (χ0v) is 11.0. The van der Waals surface area contributed by atoms with Gasteiger partial charge in [-0.1, -0.05) is 17.7 Å². The second-order valence-electron chi connectivity index (χ2n) is 3.89. The summed E-state index contributed by atoms with van der Waals surface area (Å²) in [7, 11) is 0. The second kappa shape index (κ2) is 5.76. The van der Waals surface area contributed by atoms with Crippen LogP contribution >= 0.6 is 11.6 Å². The van der Waals surface area contributed by atoms with Crippen LogP contribution in [-0.2, 0) is 0 Å². The number of carboxylic acid groups (broad SMARTS) is 1. The molecule has 0 aliphatic rings. The molecule has 0 amide bonds. The monoisotopic (exact) mass is 311 g/mol. The Labute approximate surface area is 122 Å². The van der Waals surface area contributed by atoms with E-state index in [-0.39, 0.29) is 16.5 Å². The molecule has 0 aliphatic heterocycles. The lowest BCUT2D eigenvalue weighted by molar-refractivity contribution is -0.385. The van der Waals surface area contributed by atoms with Gasteiger partial charge >= 0.3 is 11.7 Å². The average molecular weight is 312 g/mol. The number of aromatic carboxylic acids is 1. The van der Waals surface area contributed by atoms with Crippen LogP contribution in [0, 0.1) is 15.9 Å². The number of carboxylic acids is 1. The third-order valence-corrected chi connectivity index (χ3v) is 2.82. The van der Waals surface area contributed by atoms with E-state index in [0.29, 0.717) is 0 Å². The molecule has 0 heterocycles. The quantitative estimate of drug-likeness (QED) is 0.683. The molecule has 2 rings (SSSR count). The first kappa shape index (κ1) is 14.7. The van der Waals surface area contributed by atoms with Crippen molar-refractivity contribution in [3.05, 3.63) is 62.9 Å². The first-order valence-electron chi connectivity index (χ1n) is 5.53. The molecule has 0 bridgehead atoms. The van der Waals surface area contributed by atoms with Gasteiger partial charge in [0.15, 0.2) is 0 Å². The molecule has 21 heavy (non-hydrogen) atoms. The van der Waals surface area contributed by atoms with Crippen LogP contribution in [-0.4, -0.2) is 16.0 Å². The summed E-state index contributed by atoms with van der Waals surface area (Å²) >= 11 is 5.84. The van der Waals surface area contributed by atoms with Crippen molar-refractivity contribution < 1.29 is 24.0 Å². The van der Waals surface area contributed by atoms with Crippen LogP contribution in [0.25, 0.3) is 0 Å². The van der Waals surface area contributed by atoms with Crippen LogP contribution in [0.4, 0.5) is 10.1 Å². The number of nitrogens with zero attached hydrogens (tertiary/aromatic N) is 1. The van der Waals surface area contributed by atoms with Crippen LogP contribution < -0.4 is 4.74 Å². The predicted molar refractivity (Wildman–Crippen MR) is 71.5 cm³/mol. The summed E-state index contributed by atoms with van der Waals surface area (Å²) in [5.41, 5.74) is -0.896. The standard InChI is InChI=1S/C13H7ClFNO5/c14-9-2-1-3-10(16(19)20)12(9)21-11-5-4-7(15)6-8(11)13(17)18/h1-6H,(H,17,18). The van der Waals surface area contributed by atoms with E-state index in [1.165, 1.54) is 12.1 Å². The molecule has 0 spiro atoms. The fourth-order valence-corrected chi connectivity index (χ4v) is 1.82. The molecule has 108 valence electrons. The smallest absolute Gasteiger partial charge is 0.339 e. The van der Waals surface area contributed by atoms with Gasteiger partial charge in [-0.2, -0.15) is 0 Å². The summed E-state index contributed by atoms with van der Waals surface area (Å²) in [6.45, 7) is 0. The van der Waals surface area contributed by atoms with Crippen molar-refractivity contribution in [2.24, 2.45) is 0 Å². The summed E-state index contributed by atoms with van der Waals surface area (Å²) in [5.74, 6) is -2.76. The van der Waals surface area contributed by atoms with Gasteiger partial charge in [-0.15, -0.1) is 0 Å². The van der Waals surface area contributed by atoms with E-state index >= 15 is 0 Å². The van der Waals surface area contributed by atoms with Crippen molar-refractivity contribution in [1.82, 2.24) is 0 Å². The molecule has 0 saturated carbocycles. The number of para-hydroxylation sites is 1. The van der Waals surface area contributed by atoms with Gasteiger partial charge in [0.25, 0.3) is 0 Å². The fraction of sp³-hybridized carbons (Fsp3) is 0. The van der Waals surface area contributed by atoms with E-state index in [4.69, 9.17) is 21.4 Å². The third kappa shape index (κ3) is 3.09. The van der Waals surface area contributed by atoms with Gasteiger partial charge in [0.05, 0.1) is 9.95 Å². The highest BCUT2D eigenvalue weighted by atomic mass is 35.5. The highest BCUT2D eigenvalue weighted by Crippen LogP contribution is 2.38. The number of nitro benzene ring substituents is 1. The van der Waals surface area contributed by atoms with Crippen molar-refractivity contribution >= 4 is 23.3 Å². The average Bonchev–Trinajstić information content (AvgIpc) is 2.42. The SMILES string of the molecule is O=C(O)c1cc(F)ccc1Oc1c(Cl)cccc1[N+](=O)[O-]. The molecular formula is C13H7ClFNO5. The maximum absolute atomic E-state index is 13.1. The molecule has 0 aliphatic carbocycles. The Hall–Kier alpha value is -2.67. The summed E-state index contributed by atoms with van der Waals surface area (Å²) in [6.07, 6.45) is 0. The number of rotatable bonds is 4. The Kier molecular flexibility index (Phi) is 4.04. The van der Waals surface area contributed by atoms with Crippen molar-refractivity contribution in [2.45, 2.75) is 0 Å². The molecule has 2 aromatic rings. The highest BCUT2D eigenvalue weighted by Gasteiger charge is 2.21. The number of ether oxygens (including phenoxy) is 1. The van der Waals surface area contributed by atoms with E-state index in [1.54, 1.807) is 0 Å². The summed E-state index contributed by atoms with van der Waals surface area (Å²) in [5, 5.41) is 19.9. The predicted octanol–water partition coefficient (Wildman–Crippen LogP) is 3.88. The molecule has 0 atom stereocenters. The van der Waals surface area contributed by atoms with Gasteiger partial charge < -0.3 is 9.84 Å². The Balaban J connectivity index is 2.53. The van der Waals surface area contributed by atoms with E-state index in [0.717, 1.165) is 24.3 Å². The number of hydrogen-bond donors (Lipinski definition) is 1. The normalized spacial score (nSPS) is 10.2. The minimum atomic E-state index is -1.43. The Morgan fingerprint density at radius 1 is 1.33 bits per heavy atom. The number of benzene rings is 2. The molecule has 0 aromatic heterocycles. The van der Waals surface area contributed by atoms with Crippen LogP contribution in [0.5, 0.6) is 11.5 Å². The molecule has 0 unspecified atom stereocenters. The number of carbonyl (C=O) groups is 1. The number of nitro groups is 1. The third-order valence-electron chi connectivity index (χ3n) is 2.53. The maximum Gasteiger partial charge on any atom is 0.339 e. The first-order chi connectivity index (χ1) is 9.90. The highest BCUT2D eigenvalue weighted by molar-refractivity contribution is 6.32. The van der Waals surface area contributed by atoms with Crippen molar-refractivity contribution in [3.63, 3.8) is 0 Å². The zero-order valence-electron chi connectivity index (χ0n) is 10.2. The van der Waals surface area contributed by atoms with E-state index in [1.807, 2.05) is 0 Å². The lowest BCUT2D eigenvalue weighted by Crippen LogP contribution is -2.02. The minimum Gasteiger partial charge on any atom is -0.478 e. The van der Waals surface area contributed by atoms with Crippen LogP contribution in [0.15, 0.2) is 36.4 Å². The lowest BCUT2D eigenvalue weighted by Gasteiger charge is -2.10. The van der Waals surface area contributed by atoms with Gasteiger partial charge in [0.1, 0.15) is 17.1 Å².